The van der Waals surface area contributed by atoms with Crippen molar-refractivity contribution in [3.8, 4) is 5.75 Å². The lowest BCUT2D eigenvalue weighted by molar-refractivity contribution is -0.137. The van der Waals surface area contributed by atoms with Crippen molar-refractivity contribution in [2.24, 2.45) is 0 Å². The van der Waals surface area contributed by atoms with Gasteiger partial charge in [-0.2, -0.15) is 18.3 Å². The fraction of sp³-hybridized carbons (Fsp3) is 0.276. The van der Waals surface area contributed by atoms with Gasteiger partial charge in [-0.1, -0.05) is 32.0 Å². The van der Waals surface area contributed by atoms with Gasteiger partial charge in [0.25, 0.3) is 11.8 Å². The van der Waals surface area contributed by atoms with E-state index in [1.54, 1.807) is 47.0 Å². The molecule has 11 heteroatoms. The van der Waals surface area contributed by atoms with Crippen LogP contribution >= 0.6 is 11.3 Å². The van der Waals surface area contributed by atoms with Crippen LogP contribution < -0.4 is 10.1 Å². The molecule has 0 bridgehead atoms. The molecule has 0 spiro atoms. The van der Waals surface area contributed by atoms with Crippen molar-refractivity contribution in [1.29, 1.82) is 0 Å². The topological polar surface area (TPSA) is 76.5 Å². The van der Waals surface area contributed by atoms with Crippen molar-refractivity contribution in [3.05, 3.63) is 99.0 Å². The predicted octanol–water partition coefficient (Wildman–Crippen LogP) is 6.21. The first-order valence-electron chi connectivity index (χ1n) is 12.5. The summed E-state index contributed by atoms with van der Waals surface area (Å²) >= 11 is 1.35. The number of hydrogen-bond donors (Lipinski definition) is 1. The van der Waals surface area contributed by atoms with Crippen molar-refractivity contribution in [2.75, 3.05) is 19.0 Å². The number of carbonyl (C=O) groups excluding carboxylic acids is 2. The lowest BCUT2D eigenvalue weighted by Gasteiger charge is -2.38. The predicted molar refractivity (Wildman–Crippen MR) is 146 cm³/mol. The molecule has 1 aliphatic rings. The van der Waals surface area contributed by atoms with Gasteiger partial charge < -0.3 is 15.0 Å². The van der Waals surface area contributed by atoms with Gasteiger partial charge in [-0.05, 0) is 53.4 Å². The summed E-state index contributed by atoms with van der Waals surface area (Å²) in [5.74, 6) is 0.0558. The first kappa shape index (κ1) is 27.4. The summed E-state index contributed by atoms with van der Waals surface area (Å²) in [6, 6.07) is 15.3. The Morgan fingerprint density at radius 3 is 2.38 bits per heavy atom. The van der Waals surface area contributed by atoms with Crippen molar-refractivity contribution in [2.45, 2.75) is 38.5 Å². The minimum atomic E-state index is -4.43. The molecule has 2 aromatic carbocycles. The average Bonchev–Trinajstić information content (AvgIpc) is 3.57. The van der Waals surface area contributed by atoms with Crippen LogP contribution in [0.2, 0.25) is 0 Å². The summed E-state index contributed by atoms with van der Waals surface area (Å²) in [7, 11) is 1.55. The Bertz CT molecular complexity index is 1530. The molecule has 208 valence electrons. The second kappa shape index (κ2) is 10.5. The number of methoxy groups -OCH3 is 1. The molecule has 0 unspecified atom stereocenters. The van der Waals surface area contributed by atoms with E-state index < -0.39 is 23.1 Å². The number of ether oxygens (including phenoxy) is 1. The van der Waals surface area contributed by atoms with Crippen LogP contribution in [0.4, 0.5) is 18.9 Å². The number of carbonyl (C=O) groups is 2. The smallest absolute Gasteiger partial charge is 0.416 e. The van der Waals surface area contributed by atoms with E-state index in [-0.39, 0.29) is 24.7 Å². The summed E-state index contributed by atoms with van der Waals surface area (Å²) in [5.41, 5.74) is 1.35. The molecule has 0 fully saturated rings. The molecule has 0 saturated carbocycles. The van der Waals surface area contributed by atoms with E-state index in [0.29, 0.717) is 34.0 Å². The molecule has 3 heterocycles. The molecule has 2 aromatic heterocycles. The minimum Gasteiger partial charge on any atom is -0.497 e. The summed E-state index contributed by atoms with van der Waals surface area (Å²) < 4.78 is 46.1. The monoisotopic (exact) mass is 568 g/mol. The van der Waals surface area contributed by atoms with Crippen LogP contribution in [0.3, 0.4) is 0 Å². The number of fused-ring (bicyclic) bond motifs is 1. The van der Waals surface area contributed by atoms with Crippen LogP contribution in [0.5, 0.6) is 5.75 Å². The molecule has 5 rings (SSSR count). The molecule has 0 saturated heterocycles. The van der Waals surface area contributed by atoms with Crippen LogP contribution in [-0.4, -0.2) is 40.1 Å². The van der Waals surface area contributed by atoms with E-state index in [9.17, 15) is 22.8 Å². The zero-order valence-corrected chi connectivity index (χ0v) is 22.9. The SMILES string of the molecule is COc1ccc(NC(=O)c2nn(Cc3ccc(C(F)(F)F)cc3)c3c2CN(C(=O)c2cccs2)CC3(C)C)cc1. The number of halogens is 3. The van der Waals surface area contributed by atoms with Crippen molar-refractivity contribution in [1.82, 2.24) is 14.7 Å². The van der Waals surface area contributed by atoms with E-state index in [1.807, 2.05) is 25.3 Å². The second-order valence-corrected chi connectivity index (χ2v) is 11.2. The molecule has 40 heavy (non-hydrogen) atoms. The number of nitrogens with one attached hydrogen (secondary N) is 1. The lowest BCUT2D eigenvalue weighted by Crippen LogP contribution is -2.46. The molecular formula is C29H27F3N4O3S. The number of hydrogen-bond acceptors (Lipinski definition) is 5. The number of rotatable bonds is 6. The molecule has 2 amide bonds. The highest BCUT2D eigenvalue weighted by Crippen LogP contribution is 2.37. The summed E-state index contributed by atoms with van der Waals surface area (Å²) in [4.78, 5) is 29.1. The molecule has 7 nitrogen and oxygen atoms in total. The molecule has 4 aromatic rings. The number of amides is 2. The van der Waals surface area contributed by atoms with Gasteiger partial charge >= 0.3 is 6.18 Å². The Hall–Kier alpha value is -4.12. The van der Waals surface area contributed by atoms with Gasteiger partial charge in [0.15, 0.2) is 5.69 Å². The Morgan fingerprint density at radius 2 is 1.77 bits per heavy atom. The van der Waals surface area contributed by atoms with E-state index in [4.69, 9.17) is 4.74 Å². The normalized spacial score (nSPS) is 14.5. The van der Waals surface area contributed by atoms with Gasteiger partial charge in [0.05, 0.1) is 36.3 Å². The summed E-state index contributed by atoms with van der Waals surface area (Å²) in [6.07, 6.45) is -4.43. The maximum Gasteiger partial charge on any atom is 0.416 e. The van der Waals surface area contributed by atoms with Gasteiger partial charge in [0.1, 0.15) is 5.75 Å². The van der Waals surface area contributed by atoms with Crippen LogP contribution in [0, 0.1) is 0 Å². The van der Waals surface area contributed by atoms with E-state index in [0.717, 1.165) is 17.8 Å². The van der Waals surface area contributed by atoms with Gasteiger partial charge in [-0.25, -0.2) is 0 Å². The Kier molecular flexibility index (Phi) is 7.17. The van der Waals surface area contributed by atoms with Crippen molar-refractivity contribution in [3.63, 3.8) is 0 Å². The summed E-state index contributed by atoms with van der Waals surface area (Å²) in [5, 5.41) is 9.36. The first-order chi connectivity index (χ1) is 19.0. The van der Waals surface area contributed by atoms with Gasteiger partial charge in [-0.3, -0.25) is 14.3 Å². The molecular weight excluding hydrogens is 541 g/mol. The maximum atomic E-state index is 13.5. The van der Waals surface area contributed by atoms with Gasteiger partial charge in [0.2, 0.25) is 0 Å². The second-order valence-electron chi connectivity index (χ2n) is 10.2. The van der Waals surface area contributed by atoms with Crippen molar-refractivity contribution >= 4 is 28.8 Å². The van der Waals surface area contributed by atoms with Crippen LogP contribution in [0.15, 0.2) is 66.0 Å². The molecule has 1 N–H and O–H groups in total. The van der Waals surface area contributed by atoms with Crippen LogP contribution in [0.1, 0.15) is 56.4 Å². The fourth-order valence-electron chi connectivity index (χ4n) is 5.04. The highest BCUT2D eigenvalue weighted by atomic mass is 32.1. The molecule has 0 radical (unpaired) electrons. The first-order valence-corrected chi connectivity index (χ1v) is 13.4. The highest BCUT2D eigenvalue weighted by Gasteiger charge is 2.41. The highest BCUT2D eigenvalue weighted by molar-refractivity contribution is 7.12. The molecule has 0 aliphatic carbocycles. The maximum absolute atomic E-state index is 13.5. The fourth-order valence-corrected chi connectivity index (χ4v) is 5.73. The number of anilines is 1. The van der Waals surface area contributed by atoms with Gasteiger partial charge in [0, 0.05) is 23.2 Å². The Morgan fingerprint density at radius 1 is 1.07 bits per heavy atom. The van der Waals surface area contributed by atoms with Crippen molar-refractivity contribution < 1.29 is 27.5 Å². The number of benzene rings is 2. The number of aromatic nitrogens is 2. The Balaban J connectivity index is 1.53. The largest absolute Gasteiger partial charge is 0.497 e. The van der Waals surface area contributed by atoms with Crippen LogP contribution in [0.25, 0.3) is 0 Å². The molecule has 1 aliphatic heterocycles. The third-order valence-electron chi connectivity index (χ3n) is 6.82. The lowest BCUT2D eigenvalue weighted by atomic mass is 9.82. The number of thiophene rings is 1. The number of nitrogens with zero attached hydrogens (tertiary/aromatic N) is 3. The standard InChI is InChI=1S/C29H27F3N4O3S/c1-28(2)17-35(27(38)23-5-4-14-40-23)16-22-24(26(37)33-20-10-12-21(39-3)13-11-20)34-36(25(22)28)15-18-6-8-19(9-7-18)29(30,31)32/h4-14H,15-17H2,1-3H3,(H,33,37). The van der Waals surface area contributed by atoms with E-state index in [1.165, 1.54) is 23.5 Å². The number of alkyl halides is 3. The minimum absolute atomic E-state index is 0.134. The van der Waals surface area contributed by atoms with Crippen LogP contribution in [-0.2, 0) is 24.7 Å². The quantitative estimate of drug-likeness (QED) is 0.300. The zero-order chi connectivity index (χ0) is 28.7. The zero-order valence-electron chi connectivity index (χ0n) is 22.1. The Labute approximate surface area is 233 Å². The third-order valence-corrected chi connectivity index (χ3v) is 7.68. The third kappa shape index (κ3) is 5.46. The molecule has 0 atom stereocenters. The van der Waals surface area contributed by atoms with E-state index >= 15 is 0 Å². The summed E-state index contributed by atoms with van der Waals surface area (Å²) in [6.45, 7) is 4.66. The van der Waals surface area contributed by atoms with Gasteiger partial charge in [-0.15, -0.1) is 11.3 Å². The van der Waals surface area contributed by atoms with E-state index in [2.05, 4.69) is 10.4 Å². The average molecular weight is 569 g/mol.